The number of aromatic nitrogens is 3. The number of fused-ring (bicyclic) bond motifs is 1. The number of nitrogens with zero attached hydrogens (tertiary/aromatic N) is 4. The van der Waals surface area contributed by atoms with E-state index in [2.05, 4.69) is 17.2 Å². The molecule has 2 atom stereocenters. The second-order valence-corrected chi connectivity index (χ2v) is 11.7. The van der Waals surface area contributed by atoms with E-state index in [0.717, 1.165) is 17.8 Å². The van der Waals surface area contributed by atoms with E-state index in [1.54, 1.807) is 39.8 Å². The summed E-state index contributed by atoms with van der Waals surface area (Å²) in [7, 11) is 0. The molecule has 0 unspecified atom stereocenters. The van der Waals surface area contributed by atoms with Crippen LogP contribution in [0.2, 0.25) is 10.2 Å². The van der Waals surface area contributed by atoms with Gasteiger partial charge in [-0.2, -0.15) is 0 Å². The van der Waals surface area contributed by atoms with Gasteiger partial charge in [0.2, 0.25) is 0 Å². The van der Waals surface area contributed by atoms with Crippen LogP contribution in [0.4, 0.5) is 0 Å². The van der Waals surface area contributed by atoms with E-state index in [-0.39, 0.29) is 30.2 Å². The van der Waals surface area contributed by atoms with Gasteiger partial charge >= 0.3 is 0 Å². The summed E-state index contributed by atoms with van der Waals surface area (Å²) in [5.74, 6) is -0.106. The molecule has 2 fully saturated rings. The van der Waals surface area contributed by atoms with Crippen LogP contribution >= 0.6 is 23.2 Å². The molecule has 2 N–H and O–H groups in total. The van der Waals surface area contributed by atoms with Crippen LogP contribution in [0.3, 0.4) is 0 Å². The first-order valence-electron chi connectivity index (χ1n) is 13.7. The molecule has 4 aromatic rings. The predicted octanol–water partition coefficient (Wildman–Crippen LogP) is 4.21. The number of carbonyl (C=O) groups is 1. The maximum Gasteiger partial charge on any atom is 0.262 e. The molecule has 41 heavy (non-hydrogen) atoms. The Hall–Kier alpha value is -3.21. The number of hydrogen-bond donors (Lipinski definition) is 2. The monoisotopic (exact) mass is 595 g/mol. The molecule has 2 aliphatic rings. The Morgan fingerprint density at radius 2 is 1.83 bits per heavy atom. The third-order valence-electron chi connectivity index (χ3n) is 8.10. The Bertz CT molecular complexity index is 1630. The van der Waals surface area contributed by atoms with Gasteiger partial charge in [0, 0.05) is 35.9 Å². The van der Waals surface area contributed by atoms with Crippen molar-refractivity contribution in [1.29, 1.82) is 0 Å². The molecule has 9 nitrogen and oxygen atoms in total. The van der Waals surface area contributed by atoms with E-state index >= 15 is 0 Å². The molecular weight excluding hydrogens is 565 g/mol. The molecule has 1 amide bonds. The second kappa shape index (κ2) is 11.2. The lowest BCUT2D eigenvalue weighted by atomic mass is 9.91. The molecule has 11 heteroatoms. The van der Waals surface area contributed by atoms with E-state index in [4.69, 9.17) is 27.9 Å². The summed E-state index contributed by atoms with van der Waals surface area (Å²) in [5, 5.41) is 16.1. The SMILES string of the molecule is C[C@H]1OCCN[C@@H]1c1ccc(-n2c(Cl)cc3c(=O)n(CC4(O)CCN(C(=O)c5ccc(Cl)cc5)CC4)cnc32)cc1. The molecule has 2 aliphatic heterocycles. The normalized spacial score (nSPS) is 20.8. The van der Waals surface area contributed by atoms with Crippen molar-refractivity contribution in [2.24, 2.45) is 0 Å². The number of rotatable bonds is 5. The van der Waals surface area contributed by atoms with Crippen molar-refractivity contribution >= 4 is 40.1 Å². The fraction of sp³-hybridized carbons (Fsp3) is 0.367. The molecule has 214 valence electrons. The number of piperidine rings is 1. The zero-order valence-electron chi connectivity index (χ0n) is 22.6. The summed E-state index contributed by atoms with van der Waals surface area (Å²) in [4.78, 5) is 32.6. The maximum absolute atomic E-state index is 13.5. The molecule has 6 rings (SSSR count). The highest BCUT2D eigenvalue weighted by Gasteiger charge is 2.35. The molecule has 2 aromatic carbocycles. The fourth-order valence-electron chi connectivity index (χ4n) is 5.76. The minimum Gasteiger partial charge on any atom is -0.388 e. The Morgan fingerprint density at radius 1 is 1.12 bits per heavy atom. The Labute approximate surface area is 247 Å². The van der Waals surface area contributed by atoms with Crippen LogP contribution in [-0.4, -0.2) is 68.0 Å². The molecule has 0 saturated carbocycles. The average molecular weight is 597 g/mol. The minimum absolute atomic E-state index is 0.0664. The Balaban J connectivity index is 1.18. The van der Waals surface area contributed by atoms with E-state index in [1.165, 1.54) is 10.9 Å². The molecule has 0 aliphatic carbocycles. The molecule has 0 spiro atoms. The maximum atomic E-state index is 13.5. The third kappa shape index (κ3) is 5.52. The van der Waals surface area contributed by atoms with E-state index in [9.17, 15) is 14.7 Å². The lowest BCUT2D eigenvalue weighted by molar-refractivity contribution is -0.0299. The van der Waals surface area contributed by atoms with Gasteiger partial charge < -0.3 is 20.1 Å². The van der Waals surface area contributed by atoms with Crippen LogP contribution in [-0.2, 0) is 11.3 Å². The van der Waals surface area contributed by atoms with Gasteiger partial charge in [0.05, 0.1) is 36.3 Å². The van der Waals surface area contributed by atoms with Crippen LogP contribution in [0.15, 0.2) is 65.7 Å². The number of hydrogen-bond acceptors (Lipinski definition) is 6. The Morgan fingerprint density at radius 3 is 2.51 bits per heavy atom. The summed E-state index contributed by atoms with van der Waals surface area (Å²) in [6.07, 6.45) is 2.20. The summed E-state index contributed by atoms with van der Waals surface area (Å²) in [5.41, 5.74) is 1.48. The number of ether oxygens (including phenoxy) is 1. The van der Waals surface area contributed by atoms with Gasteiger partial charge in [-0.05, 0) is 67.8 Å². The largest absolute Gasteiger partial charge is 0.388 e. The van der Waals surface area contributed by atoms with Crippen molar-refractivity contribution in [1.82, 2.24) is 24.3 Å². The third-order valence-corrected chi connectivity index (χ3v) is 8.63. The predicted molar refractivity (Wildman–Crippen MR) is 158 cm³/mol. The van der Waals surface area contributed by atoms with Crippen molar-refractivity contribution in [3.63, 3.8) is 0 Å². The number of aliphatic hydroxyl groups is 1. The molecule has 2 aromatic heterocycles. The molecule has 4 heterocycles. The van der Waals surface area contributed by atoms with Gasteiger partial charge in [-0.25, -0.2) is 4.98 Å². The van der Waals surface area contributed by atoms with Gasteiger partial charge in [-0.1, -0.05) is 35.3 Å². The van der Waals surface area contributed by atoms with Gasteiger partial charge in [0.1, 0.15) is 11.5 Å². The van der Waals surface area contributed by atoms with Gasteiger partial charge in [-0.3, -0.25) is 18.7 Å². The van der Waals surface area contributed by atoms with E-state index in [0.29, 0.717) is 59.3 Å². The van der Waals surface area contributed by atoms with Crippen molar-refractivity contribution in [3.05, 3.63) is 92.6 Å². The molecule has 0 bridgehead atoms. The number of benzene rings is 2. The summed E-state index contributed by atoms with van der Waals surface area (Å²) in [6.45, 7) is 4.38. The Kier molecular flexibility index (Phi) is 7.65. The van der Waals surface area contributed by atoms with E-state index in [1.807, 2.05) is 24.3 Å². The van der Waals surface area contributed by atoms with Gasteiger partial charge in [0.25, 0.3) is 11.5 Å². The highest BCUT2D eigenvalue weighted by molar-refractivity contribution is 6.31. The zero-order valence-corrected chi connectivity index (χ0v) is 24.1. The van der Waals surface area contributed by atoms with Crippen molar-refractivity contribution in [3.8, 4) is 5.69 Å². The smallest absolute Gasteiger partial charge is 0.262 e. The fourth-order valence-corrected chi connectivity index (χ4v) is 6.17. The number of morpholine rings is 1. The number of amides is 1. The van der Waals surface area contributed by atoms with Crippen LogP contribution < -0.4 is 10.9 Å². The highest BCUT2D eigenvalue weighted by Crippen LogP contribution is 2.29. The average Bonchev–Trinajstić information content (AvgIpc) is 3.32. The lowest BCUT2D eigenvalue weighted by Crippen LogP contribution is -2.49. The van der Waals surface area contributed by atoms with Crippen molar-refractivity contribution in [2.75, 3.05) is 26.2 Å². The second-order valence-electron chi connectivity index (χ2n) is 10.8. The number of likely N-dealkylation sites (tertiary alicyclic amines) is 1. The van der Waals surface area contributed by atoms with Crippen LogP contribution in [0.5, 0.6) is 0 Å². The molecule has 2 saturated heterocycles. The molecule has 0 radical (unpaired) electrons. The van der Waals surface area contributed by atoms with Crippen molar-refractivity contribution in [2.45, 2.75) is 44.1 Å². The highest BCUT2D eigenvalue weighted by atomic mass is 35.5. The minimum atomic E-state index is -1.15. The first kappa shape index (κ1) is 27.9. The van der Waals surface area contributed by atoms with Crippen LogP contribution in [0.1, 0.15) is 41.7 Å². The van der Waals surface area contributed by atoms with Gasteiger partial charge in [-0.15, -0.1) is 0 Å². The van der Waals surface area contributed by atoms with Crippen LogP contribution in [0, 0.1) is 0 Å². The summed E-state index contributed by atoms with van der Waals surface area (Å²) < 4.78 is 8.95. The van der Waals surface area contributed by atoms with Gasteiger partial charge in [0.15, 0.2) is 5.65 Å². The number of nitrogens with one attached hydrogen (secondary N) is 1. The zero-order chi connectivity index (χ0) is 28.7. The first-order chi connectivity index (χ1) is 19.7. The molecular formula is C30H31Cl2N5O4. The summed E-state index contributed by atoms with van der Waals surface area (Å²) >= 11 is 12.5. The lowest BCUT2D eigenvalue weighted by Gasteiger charge is -2.38. The first-order valence-corrected chi connectivity index (χ1v) is 14.5. The standard InChI is InChI=1S/C30H31Cl2N5O4/c1-19-26(33-12-15-41-19)20-4-8-23(9-5-20)37-25(32)16-24-27(37)34-18-36(29(24)39)17-30(40)10-13-35(14-11-30)28(38)21-2-6-22(31)7-3-21/h2-9,16,18-19,26,33,40H,10-15,17H2,1H3/t19-,26+/m1/s1. The number of carbonyl (C=O) groups excluding carboxylic acids is 1. The topological polar surface area (TPSA) is 102 Å². The van der Waals surface area contributed by atoms with E-state index < -0.39 is 5.60 Å². The summed E-state index contributed by atoms with van der Waals surface area (Å²) in [6, 6.07) is 16.5. The van der Waals surface area contributed by atoms with Crippen LogP contribution in [0.25, 0.3) is 16.7 Å². The number of halogens is 2. The van der Waals surface area contributed by atoms with Crippen molar-refractivity contribution < 1.29 is 14.6 Å². The quantitative estimate of drug-likeness (QED) is 0.358.